The van der Waals surface area contributed by atoms with Gasteiger partial charge in [0.05, 0.1) is 6.61 Å². The molecule has 5 nitrogen and oxygen atoms in total. The van der Waals surface area contributed by atoms with E-state index < -0.39 is 7.12 Å². The van der Waals surface area contributed by atoms with Gasteiger partial charge in [0, 0.05) is 18.0 Å². The molecule has 1 amide bonds. The van der Waals surface area contributed by atoms with E-state index in [0.29, 0.717) is 24.6 Å². The first-order chi connectivity index (χ1) is 9.74. The van der Waals surface area contributed by atoms with Crippen molar-refractivity contribution in [2.75, 3.05) is 5.32 Å². The lowest BCUT2D eigenvalue weighted by atomic mass is 9.75. The number of carbonyl (C=O) groups excluding carboxylic acids is 1. The number of nitrogens with zero attached hydrogens (tertiary/aromatic N) is 1. The zero-order chi connectivity index (χ0) is 13.9. The van der Waals surface area contributed by atoms with E-state index in [0.717, 1.165) is 16.6 Å². The summed E-state index contributed by atoms with van der Waals surface area (Å²) in [6.45, 7) is 0.426. The molecule has 20 heavy (non-hydrogen) atoms. The number of anilines is 1. The van der Waals surface area contributed by atoms with E-state index in [-0.39, 0.29) is 5.91 Å². The van der Waals surface area contributed by atoms with Crippen molar-refractivity contribution in [3.8, 4) is 0 Å². The van der Waals surface area contributed by atoms with Crippen molar-refractivity contribution in [2.45, 2.75) is 19.4 Å². The number of amides is 1. The Bertz CT molecular complexity index is 618. The van der Waals surface area contributed by atoms with E-state index in [1.54, 1.807) is 6.20 Å². The van der Waals surface area contributed by atoms with Crippen LogP contribution in [-0.4, -0.2) is 23.0 Å². The number of hydrogen-bond donors (Lipinski definition) is 2. The maximum absolute atomic E-state index is 11.8. The second-order valence-electron chi connectivity index (χ2n) is 4.54. The van der Waals surface area contributed by atoms with E-state index in [1.807, 2.05) is 23.6 Å². The monoisotopic (exact) mass is 288 g/mol. The van der Waals surface area contributed by atoms with Gasteiger partial charge in [0.15, 0.2) is 5.13 Å². The zero-order valence-electron chi connectivity index (χ0n) is 10.7. The largest absolute Gasteiger partial charge is 0.492 e. The van der Waals surface area contributed by atoms with Gasteiger partial charge in [-0.3, -0.25) is 4.79 Å². The average molecular weight is 288 g/mol. The van der Waals surface area contributed by atoms with Crippen LogP contribution in [0.4, 0.5) is 5.13 Å². The molecular formula is C13H13BN2O3S. The van der Waals surface area contributed by atoms with Crippen molar-refractivity contribution in [3.63, 3.8) is 0 Å². The predicted octanol–water partition coefficient (Wildman–Crippen LogP) is 0.932. The number of rotatable bonds is 4. The Morgan fingerprint density at radius 2 is 2.45 bits per heavy atom. The molecule has 2 N–H and O–H groups in total. The summed E-state index contributed by atoms with van der Waals surface area (Å²) < 4.78 is 5.20. The summed E-state index contributed by atoms with van der Waals surface area (Å²) in [5.74, 6) is -0.0778. The molecule has 1 aromatic heterocycles. The van der Waals surface area contributed by atoms with Crippen LogP contribution < -0.4 is 10.8 Å². The van der Waals surface area contributed by atoms with Crippen LogP contribution in [0.1, 0.15) is 17.5 Å². The lowest BCUT2D eigenvalue weighted by molar-refractivity contribution is -0.116. The number of aryl methyl sites for hydroxylation is 1. The molecule has 0 saturated carbocycles. The number of carbonyl (C=O) groups is 1. The summed E-state index contributed by atoms with van der Waals surface area (Å²) in [5.41, 5.74) is 2.77. The molecule has 102 valence electrons. The van der Waals surface area contributed by atoms with E-state index in [4.69, 9.17) is 4.65 Å². The molecule has 2 heterocycles. The Morgan fingerprint density at radius 1 is 1.55 bits per heavy atom. The number of fused-ring (bicyclic) bond motifs is 1. The zero-order valence-corrected chi connectivity index (χ0v) is 11.5. The molecule has 3 rings (SSSR count). The Hall–Kier alpha value is -1.70. The van der Waals surface area contributed by atoms with E-state index >= 15 is 0 Å². The minimum Gasteiger partial charge on any atom is -0.423 e. The number of thiazole rings is 1. The maximum atomic E-state index is 11.8. The van der Waals surface area contributed by atoms with Gasteiger partial charge in [0.1, 0.15) is 0 Å². The summed E-state index contributed by atoms with van der Waals surface area (Å²) in [4.78, 5) is 15.8. The molecule has 0 saturated heterocycles. The van der Waals surface area contributed by atoms with Crippen LogP contribution >= 0.6 is 11.3 Å². The van der Waals surface area contributed by atoms with Crippen LogP contribution in [0.5, 0.6) is 0 Å². The van der Waals surface area contributed by atoms with Crippen molar-refractivity contribution >= 4 is 35.0 Å². The highest BCUT2D eigenvalue weighted by Crippen LogP contribution is 2.15. The van der Waals surface area contributed by atoms with Gasteiger partial charge in [-0.1, -0.05) is 18.2 Å². The van der Waals surface area contributed by atoms with Crippen LogP contribution in [0, 0.1) is 0 Å². The summed E-state index contributed by atoms with van der Waals surface area (Å²) in [5, 5.41) is 15.0. The molecule has 1 aliphatic rings. The van der Waals surface area contributed by atoms with Gasteiger partial charge in [0.2, 0.25) is 5.91 Å². The summed E-state index contributed by atoms with van der Waals surface area (Å²) in [6.07, 6.45) is 2.57. The second-order valence-corrected chi connectivity index (χ2v) is 5.43. The fourth-order valence-electron chi connectivity index (χ4n) is 2.29. The molecule has 0 radical (unpaired) electrons. The van der Waals surface area contributed by atoms with Gasteiger partial charge >= 0.3 is 7.12 Å². The Labute approximate surface area is 120 Å². The maximum Gasteiger partial charge on any atom is 0.492 e. The first kappa shape index (κ1) is 13.3. The molecule has 0 fully saturated rings. The minimum atomic E-state index is -0.872. The van der Waals surface area contributed by atoms with Crippen molar-refractivity contribution in [1.82, 2.24) is 4.98 Å². The molecule has 2 aromatic rings. The first-order valence-corrected chi connectivity index (χ1v) is 7.21. The van der Waals surface area contributed by atoms with Crippen LogP contribution in [0.2, 0.25) is 0 Å². The third-order valence-electron chi connectivity index (χ3n) is 3.23. The minimum absolute atomic E-state index is 0.0778. The van der Waals surface area contributed by atoms with Gasteiger partial charge in [-0.2, -0.15) is 0 Å². The number of benzene rings is 1. The lowest BCUT2D eigenvalue weighted by Gasteiger charge is -2.08. The molecule has 0 bridgehead atoms. The molecule has 0 atom stereocenters. The molecule has 1 aromatic carbocycles. The van der Waals surface area contributed by atoms with Gasteiger partial charge in [-0.25, -0.2) is 4.98 Å². The Balaban J connectivity index is 1.64. The Kier molecular flexibility index (Phi) is 3.82. The quantitative estimate of drug-likeness (QED) is 0.821. The van der Waals surface area contributed by atoms with E-state index in [2.05, 4.69) is 10.3 Å². The van der Waals surface area contributed by atoms with Gasteiger partial charge in [-0.15, -0.1) is 11.3 Å². The SMILES string of the molecule is O=C(CCc1cccc2c1B(O)OC2)Nc1nccs1. The van der Waals surface area contributed by atoms with E-state index in [1.165, 1.54) is 11.3 Å². The number of nitrogens with one attached hydrogen (secondary N) is 1. The molecule has 1 aliphatic heterocycles. The number of hydrogen-bond acceptors (Lipinski definition) is 5. The molecule has 0 aliphatic carbocycles. The normalized spacial score (nSPS) is 13.3. The highest BCUT2D eigenvalue weighted by atomic mass is 32.1. The van der Waals surface area contributed by atoms with Gasteiger partial charge in [-0.05, 0) is 23.0 Å². The van der Waals surface area contributed by atoms with Crippen molar-refractivity contribution in [2.24, 2.45) is 0 Å². The lowest BCUT2D eigenvalue weighted by Crippen LogP contribution is -2.31. The van der Waals surface area contributed by atoms with Crippen molar-refractivity contribution in [1.29, 1.82) is 0 Å². The fraction of sp³-hybridized carbons (Fsp3) is 0.231. The van der Waals surface area contributed by atoms with Crippen LogP contribution in [0.3, 0.4) is 0 Å². The molecular weight excluding hydrogens is 275 g/mol. The summed E-state index contributed by atoms with van der Waals surface area (Å²) >= 11 is 1.39. The molecule has 7 heteroatoms. The Morgan fingerprint density at radius 3 is 3.25 bits per heavy atom. The third kappa shape index (κ3) is 2.74. The standard InChI is InChI=1S/C13H13BN2O3S/c17-11(16-13-15-6-7-20-13)5-4-9-2-1-3-10-8-19-14(18)12(9)10/h1-3,6-7,18H,4-5,8H2,(H,15,16,17). The second kappa shape index (κ2) is 5.74. The van der Waals surface area contributed by atoms with Crippen LogP contribution in [0.15, 0.2) is 29.8 Å². The first-order valence-electron chi connectivity index (χ1n) is 6.34. The van der Waals surface area contributed by atoms with E-state index in [9.17, 15) is 9.82 Å². The highest BCUT2D eigenvalue weighted by molar-refractivity contribution is 7.13. The summed E-state index contributed by atoms with van der Waals surface area (Å²) in [6, 6.07) is 5.78. The average Bonchev–Trinajstić information content (AvgIpc) is 3.07. The topological polar surface area (TPSA) is 71.5 Å². The fourth-order valence-corrected chi connectivity index (χ4v) is 2.84. The smallest absolute Gasteiger partial charge is 0.423 e. The highest BCUT2D eigenvalue weighted by Gasteiger charge is 2.29. The molecule has 0 unspecified atom stereocenters. The van der Waals surface area contributed by atoms with Crippen molar-refractivity contribution in [3.05, 3.63) is 40.9 Å². The number of aromatic nitrogens is 1. The predicted molar refractivity (Wildman–Crippen MR) is 77.9 cm³/mol. The van der Waals surface area contributed by atoms with Crippen LogP contribution in [0.25, 0.3) is 0 Å². The van der Waals surface area contributed by atoms with Gasteiger partial charge < -0.3 is 15.0 Å². The van der Waals surface area contributed by atoms with Gasteiger partial charge in [0.25, 0.3) is 0 Å². The molecule has 0 spiro atoms. The van der Waals surface area contributed by atoms with Crippen molar-refractivity contribution < 1.29 is 14.5 Å². The summed E-state index contributed by atoms with van der Waals surface area (Å²) in [7, 11) is -0.872. The van der Waals surface area contributed by atoms with Crippen LogP contribution in [-0.2, 0) is 22.5 Å². The third-order valence-corrected chi connectivity index (χ3v) is 3.92.